The van der Waals surface area contributed by atoms with E-state index in [9.17, 15) is 0 Å². The summed E-state index contributed by atoms with van der Waals surface area (Å²) in [5.41, 5.74) is 11.9. The van der Waals surface area contributed by atoms with E-state index in [0.29, 0.717) is 0 Å². The summed E-state index contributed by atoms with van der Waals surface area (Å²) in [6.45, 7) is 0. The Morgan fingerprint density at radius 2 is 1.05 bits per heavy atom. The Labute approximate surface area is 238 Å². The molecule has 2 heterocycles. The molecule has 0 atom stereocenters. The number of hydrogen-bond acceptors (Lipinski definition) is 2. The fraction of sp³-hybridized carbons (Fsp3) is 0. The predicted octanol–water partition coefficient (Wildman–Crippen LogP) is 10.6. The van der Waals surface area contributed by atoms with E-state index in [1.807, 2.05) is 0 Å². The molecule has 3 nitrogen and oxygen atoms in total. The van der Waals surface area contributed by atoms with Crippen molar-refractivity contribution >= 4 is 44.8 Å². The van der Waals surface area contributed by atoms with E-state index in [1.54, 1.807) is 0 Å². The van der Waals surface area contributed by atoms with Gasteiger partial charge in [-0.05, 0) is 59.7 Å². The molecule has 3 heteroatoms. The van der Waals surface area contributed by atoms with Crippen molar-refractivity contribution in [3.63, 3.8) is 0 Å². The van der Waals surface area contributed by atoms with Gasteiger partial charge in [0.05, 0.1) is 16.6 Å². The summed E-state index contributed by atoms with van der Waals surface area (Å²) in [4.78, 5) is 2.28. The first kappa shape index (κ1) is 23.4. The Hall–Kier alpha value is -5.54. The summed E-state index contributed by atoms with van der Waals surface area (Å²) in [7, 11) is 0. The number of anilines is 3. The van der Waals surface area contributed by atoms with Crippen LogP contribution in [-0.2, 0) is 0 Å². The number of fused-ring (bicyclic) bond motifs is 5. The lowest BCUT2D eigenvalue weighted by Crippen LogP contribution is -2.09. The van der Waals surface area contributed by atoms with Crippen LogP contribution >= 0.6 is 0 Å². The van der Waals surface area contributed by atoms with Gasteiger partial charge >= 0.3 is 0 Å². The van der Waals surface area contributed by atoms with Crippen LogP contribution in [0.15, 0.2) is 162 Å². The van der Waals surface area contributed by atoms with Crippen LogP contribution in [0, 0.1) is 0 Å². The molecule has 0 aliphatic rings. The summed E-state index contributed by atoms with van der Waals surface area (Å²) >= 11 is 0. The first-order chi connectivity index (χ1) is 20.4. The molecule has 0 aliphatic carbocycles. The Morgan fingerprint density at radius 3 is 1.73 bits per heavy atom. The maximum atomic E-state index is 6.62. The van der Waals surface area contributed by atoms with Gasteiger partial charge in [-0.2, -0.15) is 0 Å². The van der Waals surface area contributed by atoms with E-state index in [1.165, 1.54) is 5.39 Å². The van der Waals surface area contributed by atoms with Gasteiger partial charge in [0, 0.05) is 28.0 Å². The third kappa shape index (κ3) is 3.82. The van der Waals surface area contributed by atoms with Crippen molar-refractivity contribution in [3.05, 3.63) is 158 Å². The largest absolute Gasteiger partial charge is 0.438 e. The van der Waals surface area contributed by atoms with Crippen molar-refractivity contribution in [2.45, 2.75) is 0 Å². The Balaban J connectivity index is 1.31. The molecule has 0 aliphatic heterocycles. The first-order valence-electron chi connectivity index (χ1n) is 13.9. The van der Waals surface area contributed by atoms with Gasteiger partial charge in [-0.25, -0.2) is 0 Å². The SMILES string of the molecule is c1ccc(-c2c3ccccc3n3c2oc2cccc(-c4ccc(N(c5ccccc5)c5ccccc5)cc4)c23)cc1. The van der Waals surface area contributed by atoms with E-state index < -0.39 is 0 Å². The number of hydrogen-bond donors (Lipinski definition) is 0. The lowest BCUT2D eigenvalue weighted by molar-refractivity contribution is 0.658. The molecule has 0 saturated carbocycles. The van der Waals surface area contributed by atoms with Gasteiger partial charge in [-0.1, -0.05) is 109 Å². The lowest BCUT2D eigenvalue weighted by atomic mass is 10.0. The Morgan fingerprint density at radius 1 is 0.463 bits per heavy atom. The van der Waals surface area contributed by atoms with Gasteiger partial charge in [0.25, 0.3) is 0 Å². The molecule has 0 radical (unpaired) electrons. The minimum atomic E-state index is 0.871. The molecular weight excluding hydrogens is 500 g/mol. The standard InChI is InChI=1S/C38H26N2O/c1-4-13-28(14-5-1)36-33-19-10-11-21-34(33)40-37-32(20-12-22-35(37)41-38(36)40)27-23-25-31(26-24-27)39(29-15-6-2-7-16-29)30-17-8-3-9-18-30/h1-26H. The number of aromatic nitrogens is 1. The smallest absolute Gasteiger partial charge is 0.213 e. The zero-order chi connectivity index (χ0) is 27.2. The Kier molecular flexibility index (Phi) is 5.46. The molecule has 8 rings (SSSR count). The minimum Gasteiger partial charge on any atom is -0.438 e. The van der Waals surface area contributed by atoms with Crippen molar-refractivity contribution in [1.29, 1.82) is 0 Å². The van der Waals surface area contributed by atoms with Crippen molar-refractivity contribution in [2.75, 3.05) is 4.90 Å². The molecule has 6 aromatic carbocycles. The van der Waals surface area contributed by atoms with Gasteiger partial charge in [0.2, 0.25) is 5.71 Å². The number of nitrogens with zero attached hydrogens (tertiary/aromatic N) is 2. The number of benzene rings is 6. The average Bonchev–Trinajstić information content (AvgIpc) is 3.58. The molecule has 0 saturated heterocycles. The van der Waals surface area contributed by atoms with E-state index in [4.69, 9.17) is 4.42 Å². The maximum Gasteiger partial charge on any atom is 0.213 e. The molecule has 0 spiro atoms. The molecule has 0 fully saturated rings. The van der Waals surface area contributed by atoms with Crippen molar-refractivity contribution in [1.82, 2.24) is 4.40 Å². The molecule has 41 heavy (non-hydrogen) atoms. The fourth-order valence-corrected chi connectivity index (χ4v) is 5.98. The van der Waals surface area contributed by atoms with Gasteiger partial charge in [0.15, 0.2) is 5.58 Å². The van der Waals surface area contributed by atoms with E-state index >= 15 is 0 Å². The highest BCUT2D eigenvalue weighted by Crippen LogP contribution is 2.42. The number of rotatable bonds is 5. The second-order valence-electron chi connectivity index (χ2n) is 10.2. The molecular formula is C38H26N2O. The van der Waals surface area contributed by atoms with Crippen LogP contribution < -0.4 is 4.90 Å². The molecule has 2 aromatic heterocycles. The van der Waals surface area contributed by atoms with Crippen LogP contribution in [0.4, 0.5) is 17.1 Å². The highest BCUT2D eigenvalue weighted by Gasteiger charge is 2.21. The van der Waals surface area contributed by atoms with Gasteiger partial charge in [-0.3, -0.25) is 4.40 Å². The van der Waals surface area contributed by atoms with E-state index in [0.717, 1.165) is 61.6 Å². The minimum absolute atomic E-state index is 0.871. The van der Waals surface area contributed by atoms with E-state index in [-0.39, 0.29) is 0 Å². The monoisotopic (exact) mass is 526 g/mol. The second kappa shape index (κ2) is 9.58. The van der Waals surface area contributed by atoms with Gasteiger partial charge < -0.3 is 9.32 Å². The Bertz CT molecular complexity index is 2090. The van der Waals surface area contributed by atoms with Crippen LogP contribution in [0.3, 0.4) is 0 Å². The van der Waals surface area contributed by atoms with Gasteiger partial charge in [-0.15, -0.1) is 0 Å². The second-order valence-corrected chi connectivity index (χ2v) is 10.2. The van der Waals surface area contributed by atoms with Gasteiger partial charge in [0.1, 0.15) is 0 Å². The summed E-state index contributed by atoms with van der Waals surface area (Å²) < 4.78 is 8.91. The van der Waals surface area contributed by atoms with E-state index in [2.05, 4.69) is 167 Å². The fourth-order valence-electron chi connectivity index (χ4n) is 5.98. The molecule has 0 bridgehead atoms. The molecule has 0 amide bonds. The predicted molar refractivity (Wildman–Crippen MR) is 170 cm³/mol. The van der Waals surface area contributed by atoms with Crippen LogP contribution in [-0.4, -0.2) is 4.40 Å². The zero-order valence-electron chi connectivity index (χ0n) is 22.3. The topological polar surface area (TPSA) is 20.8 Å². The van der Waals surface area contributed by atoms with Crippen molar-refractivity contribution in [3.8, 4) is 22.3 Å². The highest BCUT2D eigenvalue weighted by molar-refractivity contribution is 6.08. The zero-order valence-corrected chi connectivity index (χ0v) is 22.3. The van der Waals surface area contributed by atoms with Crippen LogP contribution in [0.25, 0.3) is 50.0 Å². The quantitative estimate of drug-likeness (QED) is 0.222. The van der Waals surface area contributed by atoms with Crippen molar-refractivity contribution < 1.29 is 4.42 Å². The van der Waals surface area contributed by atoms with Crippen molar-refractivity contribution in [2.24, 2.45) is 0 Å². The summed E-state index contributed by atoms with van der Waals surface area (Å²) in [5, 5.41) is 1.19. The highest BCUT2D eigenvalue weighted by atomic mass is 16.3. The third-order valence-corrected chi connectivity index (χ3v) is 7.79. The van der Waals surface area contributed by atoms with Crippen LogP contribution in [0.2, 0.25) is 0 Å². The molecule has 0 N–H and O–H groups in total. The first-order valence-corrected chi connectivity index (χ1v) is 13.9. The molecule has 194 valence electrons. The summed E-state index contributed by atoms with van der Waals surface area (Å²) in [6.07, 6.45) is 0. The number of oxazole rings is 1. The molecule has 8 aromatic rings. The average molecular weight is 527 g/mol. The van der Waals surface area contributed by atoms with Crippen LogP contribution in [0.1, 0.15) is 0 Å². The summed E-state index contributed by atoms with van der Waals surface area (Å²) in [5.74, 6) is 0. The number of para-hydroxylation sites is 4. The van der Waals surface area contributed by atoms with Crippen LogP contribution in [0.5, 0.6) is 0 Å². The third-order valence-electron chi connectivity index (χ3n) is 7.79. The summed E-state index contributed by atoms with van der Waals surface area (Å²) in [6, 6.07) is 55.3. The maximum absolute atomic E-state index is 6.62. The normalized spacial score (nSPS) is 11.4. The molecule has 0 unspecified atom stereocenters. The lowest BCUT2D eigenvalue weighted by Gasteiger charge is -2.25.